The van der Waals surface area contributed by atoms with Gasteiger partial charge in [-0.1, -0.05) is 24.3 Å². The van der Waals surface area contributed by atoms with Gasteiger partial charge in [-0.15, -0.1) is 0 Å². The van der Waals surface area contributed by atoms with Gasteiger partial charge in [-0.3, -0.25) is 0 Å². The Hall–Kier alpha value is -2.91. The Bertz CT molecular complexity index is 1040. The molecule has 7 nitrogen and oxygen atoms in total. The zero-order chi connectivity index (χ0) is 26.4. The van der Waals surface area contributed by atoms with Crippen molar-refractivity contribution in [1.29, 1.82) is 0 Å². The second-order valence-electron chi connectivity index (χ2n) is 6.69. The third-order valence-electron chi connectivity index (χ3n) is 4.74. The molecule has 0 fully saturated rings. The monoisotopic (exact) mass is 520 g/mol. The molecule has 0 heterocycles. The van der Waals surface area contributed by atoms with E-state index >= 15 is 0 Å². The highest BCUT2D eigenvalue weighted by Crippen LogP contribution is 2.40. The molecular weight excluding hydrogens is 488 g/mol. The standard InChI is InChI=1S/C25H28ClNO5S.CH5N/c1-6-17(14-19(7-2)30-3)25(29)21-15-18(26)8-10-22(21)27(12-13-28)33-20-9-11-23(31-4)24(16-20)32-5;1-2/h6-11,13-16,25,29H,1,12H2,2-5H3;2H2,1H3/b17-14+,19-7+;. The fourth-order valence-corrected chi connectivity index (χ4v) is 4.20. The minimum atomic E-state index is -1.05. The van der Waals surface area contributed by atoms with E-state index in [1.54, 1.807) is 68.1 Å². The molecule has 0 aliphatic heterocycles. The molecule has 2 rings (SSSR count). The number of methoxy groups -OCH3 is 3. The molecule has 0 aromatic heterocycles. The first-order chi connectivity index (χ1) is 16.9. The van der Waals surface area contributed by atoms with Gasteiger partial charge in [0.05, 0.1) is 33.6 Å². The second-order valence-corrected chi connectivity index (χ2v) is 8.22. The fraction of sp³-hybridized carbons (Fsp3) is 0.269. The Morgan fingerprint density at radius 1 is 1.17 bits per heavy atom. The highest BCUT2D eigenvalue weighted by atomic mass is 35.5. The predicted molar refractivity (Wildman–Crippen MR) is 144 cm³/mol. The molecule has 3 N–H and O–H groups in total. The van der Waals surface area contributed by atoms with Crippen molar-refractivity contribution in [3.05, 3.63) is 83.1 Å². The Kier molecular flexibility index (Phi) is 13.7. The van der Waals surface area contributed by atoms with Crippen molar-refractivity contribution in [2.45, 2.75) is 17.9 Å². The van der Waals surface area contributed by atoms with Crippen LogP contribution in [0.3, 0.4) is 0 Å². The van der Waals surface area contributed by atoms with Gasteiger partial charge in [-0.2, -0.15) is 0 Å². The first-order valence-corrected chi connectivity index (χ1v) is 11.8. The Balaban J connectivity index is 0.00000298. The van der Waals surface area contributed by atoms with Gasteiger partial charge < -0.3 is 34.2 Å². The number of ether oxygens (including phenoxy) is 3. The topological polar surface area (TPSA) is 94.2 Å². The number of hydrogen-bond donors (Lipinski definition) is 2. The van der Waals surface area contributed by atoms with Crippen molar-refractivity contribution in [3.63, 3.8) is 0 Å². The zero-order valence-corrected chi connectivity index (χ0v) is 22.2. The maximum absolute atomic E-state index is 11.5. The summed E-state index contributed by atoms with van der Waals surface area (Å²) in [5.74, 6) is 1.75. The minimum absolute atomic E-state index is 0.0751. The van der Waals surface area contributed by atoms with Crippen molar-refractivity contribution < 1.29 is 24.1 Å². The maximum atomic E-state index is 11.5. The summed E-state index contributed by atoms with van der Waals surface area (Å²) in [6.07, 6.45) is 4.78. The molecule has 0 amide bonds. The number of benzene rings is 2. The number of halogens is 1. The van der Waals surface area contributed by atoms with Crippen molar-refractivity contribution >= 4 is 35.5 Å². The number of hydrogen-bond acceptors (Lipinski definition) is 8. The number of carbonyl (C=O) groups is 1. The molecule has 2 aromatic rings. The van der Waals surface area contributed by atoms with E-state index in [1.807, 2.05) is 19.1 Å². The summed E-state index contributed by atoms with van der Waals surface area (Å²) in [6.45, 7) is 5.73. The van der Waals surface area contributed by atoms with Crippen LogP contribution in [-0.2, 0) is 9.53 Å². The molecule has 0 radical (unpaired) electrons. The van der Waals surface area contributed by atoms with Gasteiger partial charge in [-0.25, -0.2) is 0 Å². The van der Waals surface area contributed by atoms with E-state index in [1.165, 1.54) is 19.0 Å². The van der Waals surface area contributed by atoms with Crippen LogP contribution in [0.5, 0.6) is 11.5 Å². The van der Waals surface area contributed by atoms with Gasteiger partial charge in [0.15, 0.2) is 11.5 Å². The molecule has 190 valence electrons. The fourth-order valence-electron chi connectivity index (χ4n) is 3.08. The quantitative estimate of drug-likeness (QED) is 0.167. The van der Waals surface area contributed by atoms with Gasteiger partial charge in [0.2, 0.25) is 0 Å². The molecule has 0 aliphatic rings. The average molecular weight is 521 g/mol. The molecule has 0 bridgehead atoms. The Labute approximate surface area is 216 Å². The van der Waals surface area contributed by atoms with Crippen LogP contribution in [0.25, 0.3) is 0 Å². The first kappa shape index (κ1) is 30.1. The van der Waals surface area contributed by atoms with E-state index in [0.717, 1.165) is 11.2 Å². The molecule has 0 aliphatic carbocycles. The summed E-state index contributed by atoms with van der Waals surface area (Å²) >= 11 is 7.59. The predicted octanol–water partition coefficient (Wildman–Crippen LogP) is 5.34. The van der Waals surface area contributed by atoms with Crippen LogP contribution in [0.2, 0.25) is 5.02 Å². The van der Waals surface area contributed by atoms with Crippen LogP contribution < -0.4 is 19.5 Å². The van der Waals surface area contributed by atoms with E-state index in [9.17, 15) is 9.90 Å². The second kappa shape index (κ2) is 15.9. The number of allylic oxidation sites excluding steroid dienone is 2. The van der Waals surface area contributed by atoms with E-state index in [-0.39, 0.29) is 6.54 Å². The highest BCUT2D eigenvalue weighted by molar-refractivity contribution is 8.00. The maximum Gasteiger partial charge on any atom is 0.161 e. The first-order valence-electron chi connectivity index (χ1n) is 10.6. The van der Waals surface area contributed by atoms with Crippen LogP contribution in [0.1, 0.15) is 18.6 Å². The van der Waals surface area contributed by atoms with Gasteiger partial charge in [0.25, 0.3) is 0 Å². The summed E-state index contributed by atoms with van der Waals surface area (Å²) in [4.78, 5) is 12.3. The summed E-state index contributed by atoms with van der Waals surface area (Å²) in [6, 6.07) is 10.6. The molecule has 0 spiro atoms. The number of rotatable bonds is 12. The van der Waals surface area contributed by atoms with Gasteiger partial charge in [0.1, 0.15) is 18.1 Å². The van der Waals surface area contributed by atoms with Gasteiger partial charge >= 0.3 is 0 Å². The number of anilines is 1. The number of nitrogens with zero attached hydrogens (tertiary/aromatic N) is 1. The number of aldehydes is 1. The summed E-state index contributed by atoms with van der Waals surface area (Å²) in [5, 5.41) is 11.7. The van der Waals surface area contributed by atoms with Crippen LogP contribution in [-0.4, -0.2) is 46.3 Å². The third-order valence-corrected chi connectivity index (χ3v) is 6.01. The van der Waals surface area contributed by atoms with E-state index < -0.39 is 6.10 Å². The summed E-state index contributed by atoms with van der Waals surface area (Å²) in [5.41, 5.74) is 6.18. The van der Waals surface area contributed by atoms with Gasteiger partial charge in [-0.05, 0) is 80.0 Å². The van der Waals surface area contributed by atoms with E-state index in [2.05, 4.69) is 12.3 Å². The number of aliphatic hydroxyl groups excluding tert-OH is 1. The van der Waals surface area contributed by atoms with Crippen LogP contribution in [0.4, 0.5) is 5.69 Å². The Morgan fingerprint density at radius 2 is 1.86 bits per heavy atom. The van der Waals surface area contributed by atoms with E-state index in [4.69, 9.17) is 25.8 Å². The molecule has 0 saturated heterocycles. The van der Waals surface area contributed by atoms with Crippen molar-refractivity contribution in [3.8, 4) is 11.5 Å². The van der Waals surface area contributed by atoms with Crippen LogP contribution >= 0.6 is 23.5 Å². The molecule has 2 aromatic carbocycles. The molecule has 35 heavy (non-hydrogen) atoms. The largest absolute Gasteiger partial charge is 0.497 e. The average Bonchev–Trinajstić information content (AvgIpc) is 2.90. The van der Waals surface area contributed by atoms with Gasteiger partial charge in [0, 0.05) is 15.5 Å². The third kappa shape index (κ3) is 8.36. The Morgan fingerprint density at radius 3 is 2.40 bits per heavy atom. The molecule has 0 saturated carbocycles. The van der Waals surface area contributed by atoms with Crippen molar-refractivity contribution in [2.24, 2.45) is 5.73 Å². The lowest BCUT2D eigenvalue weighted by molar-refractivity contribution is -0.106. The zero-order valence-electron chi connectivity index (χ0n) is 20.7. The number of aliphatic hydroxyl groups is 1. The SMILES string of the molecule is C=C/C(=C\C(=C/C)OC)C(O)c1cc(Cl)ccc1N(CC=O)Sc1ccc(OC)c(OC)c1.CN. The smallest absolute Gasteiger partial charge is 0.161 e. The van der Waals surface area contributed by atoms with Crippen molar-refractivity contribution in [1.82, 2.24) is 0 Å². The lowest BCUT2D eigenvalue weighted by Gasteiger charge is -2.26. The van der Waals surface area contributed by atoms with Crippen molar-refractivity contribution in [2.75, 3.05) is 39.2 Å². The summed E-state index contributed by atoms with van der Waals surface area (Å²) < 4.78 is 17.8. The molecule has 1 atom stereocenters. The normalized spacial score (nSPS) is 12.1. The lowest BCUT2D eigenvalue weighted by atomic mass is 9.99. The van der Waals surface area contributed by atoms with Crippen LogP contribution in [0.15, 0.2) is 77.4 Å². The van der Waals surface area contributed by atoms with Crippen LogP contribution in [0, 0.1) is 0 Å². The molecular formula is C26H33ClN2O5S. The van der Waals surface area contributed by atoms with E-state index in [0.29, 0.717) is 39.1 Å². The number of nitrogens with two attached hydrogens (primary N) is 1. The molecule has 9 heteroatoms. The number of carbonyl (C=O) groups excluding carboxylic acids is 1. The molecule has 1 unspecified atom stereocenters. The summed E-state index contributed by atoms with van der Waals surface area (Å²) in [7, 11) is 6.18. The lowest BCUT2D eigenvalue weighted by Crippen LogP contribution is -2.19. The minimum Gasteiger partial charge on any atom is -0.497 e. The highest BCUT2D eigenvalue weighted by Gasteiger charge is 2.21.